The third-order valence-electron chi connectivity index (χ3n) is 3.98. The monoisotopic (exact) mass is 311 g/mol. The lowest BCUT2D eigenvalue weighted by atomic mass is 10.1. The molecular formula is C19H18ClNO. The van der Waals surface area contributed by atoms with Crippen molar-refractivity contribution in [1.82, 2.24) is 4.57 Å². The van der Waals surface area contributed by atoms with Crippen molar-refractivity contribution in [2.24, 2.45) is 0 Å². The molecule has 1 heterocycles. The van der Waals surface area contributed by atoms with Gasteiger partial charge in [-0.05, 0) is 36.2 Å². The first kappa shape index (κ1) is 14.9. The highest BCUT2D eigenvalue weighted by atomic mass is 35.5. The van der Waals surface area contributed by atoms with Crippen LogP contribution >= 0.6 is 11.6 Å². The number of rotatable bonds is 4. The number of aryl methyl sites for hydroxylation is 1. The predicted molar refractivity (Wildman–Crippen MR) is 91.9 cm³/mol. The van der Waals surface area contributed by atoms with Gasteiger partial charge in [0.15, 0.2) is 5.78 Å². The number of aromatic nitrogens is 1. The molecule has 0 saturated heterocycles. The number of fused-ring (bicyclic) bond motifs is 1. The molecule has 112 valence electrons. The van der Waals surface area contributed by atoms with Gasteiger partial charge in [0, 0.05) is 28.9 Å². The van der Waals surface area contributed by atoms with E-state index in [1.165, 1.54) is 0 Å². The average molecular weight is 312 g/mol. The van der Waals surface area contributed by atoms with Crippen LogP contribution in [-0.2, 0) is 6.54 Å². The van der Waals surface area contributed by atoms with Crippen LogP contribution in [0.5, 0.6) is 0 Å². The Bertz CT molecular complexity index is 848. The molecule has 2 nitrogen and oxygen atoms in total. The number of hydrogen-bond acceptors (Lipinski definition) is 1. The number of para-hydroxylation sites is 1. The summed E-state index contributed by atoms with van der Waals surface area (Å²) >= 11 is 6.10. The van der Waals surface area contributed by atoms with Gasteiger partial charge in [-0.25, -0.2) is 0 Å². The number of halogens is 1. The molecular weight excluding hydrogens is 294 g/mol. The lowest BCUT2D eigenvalue weighted by Crippen LogP contribution is -2.09. The topological polar surface area (TPSA) is 22.0 Å². The van der Waals surface area contributed by atoms with Gasteiger partial charge in [0.25, 0.3) is 0 Å². The minimum atomic E-state index is 0.168. The number of carbonyl (C=O) groups excluding carboxylic acids is 1. The second-order valence-electron chi connectivity index (χ2n) is 5.53. The van der Waals surface area contributed by atoms with Crippen molar-refractivity contribution >= 4 is 28.3 Å². The van der Waals surface area contributed by atoms with Crippen LogP contribution in [0.1, 0.15) is 35.0 Å². The van der Waals surface area contributed by atoms with Crippen LogP contribution in [0.15, 0.2) is 48.5 Å². The van der Waals surface area contributed by atoms with Crippen molar-refractivity contribution in [3.63, 3.8) is 0 Å². The maximum absolute atomic E-state index is 12.3. The maximum Gasteiger partial charge on any atom is 0.178 e. The molecule has 0 amide bonds. The summed E-state index contributed by atoms with van der Waals surface area (Å²) in [7, 11) is 0. The van der Waals surface area contributed by atoms with Gasteiger partial charge in [-0.3, -0.25) is 4.79 Å². The Labute approximate surface area is 135 Å². The molecule has 22 heavy (non-hydrogen) atoms. The van der Waals surface area contributed by atoms with E-state index in [0.717, 1.165) is 32.7 Å². The molecule has 3 rings (SSSR count). The highest BCUT2D eigenvalue weighted by molar-refractivity contribution is 6.31. The second kappa shape index (κ2) is 5.98. The van der Waals surface area contributed by atoms with Gasteiger partial charge >= 0.3 is 0 Å². The quantitative estimate of drug-likeness (QED) is 0.604. The number of Topliss-reactive ketones (excluding diaryl/α,β-unsaturated/α-hetero) is 1. The van der Waals surface area contributed by atoms with Gasteiger partial charge in [0.2, 0.25) is 0 Å². The molecule has 3 aromatic rings. The number of ketones is 1. The first-order valence-corrected chi connectivity index (χ1v) is 7.84. The van der Waals surface area contributed by atoms with Crippen LogP contribution in [-0.4, -0.2) is 10.4 Å². The van der Waals surface area contributed by atoms with Gasteiger partial charge in [-0.15, -0.1) is 0 Å². The van der Waals surface area contributed by atoms with Gasteiger partial charge in [-0.2, -0.15) is 0 Å². The van der Waals surface area contributed by atoms with E-state index in [1.54, 1.807) is 0 Å². The van der Waals surface area contributed by atoms with Gasteiger partial charge in [0.1, 0.15) is 0 Å². The molecule has 0 radical (unpaired) electrons. The maximum atomic E-state index is 12.3. The zero-order chi connectivity index (χ0) is 15.7. The molecule has 3 heteroatoms. The Morgan fingerprint density at radius 1 is 1.14 bits per heavy atom. The molecule has 0 spiro atoms. The molecule has 2 aromatic carbocycles. The third-order valence-corrected chi connectivity index (χ3v) is 4.40. The van der Waals surface area contributed by atoms with Crippen LogP contribution in [0.3, 0.4) is 0 Å². The van der Waals surface area contributed by atoms with Gasteiger partial charge in [-0.1, -0.05) is 48.9 Å². The van der Waals surface area contributed by atoms with Crippen molar-refractivity contribution in [2.75, 3.05) is 0 Å². The van der Waals surface area contributed by atoms with Crippen LogP contribution in [0.4, 0.5) is 0 Å². The molecule has 0 bridgehead atoms. The van der Waals surface area contributed by atoms with Crippen LogP contribution in [0.2, 0.25) is 5.02 Å². The standard InChI is InChI=1S/C19H18ClNO/c1-3-19(22)18-11-15-6-4-5-7-17(15)21(18)12-14-8-9-16(20)13(2)10-14/h4-11H,3,12H2,1-2H3. The number of hydrogen-bond donors (Lipinski definition) is 0. The van der Waals surface area contributed by atoms with E-state index in [9.17, 15) is 4.79 Å². The first-order chi connectivity index (χ1) is 10.6. The summed E-state index contributed by atoms with van der Waals surface area (Å²) < 4.78 is 2.10. The van der Waals surface area contributed by atoms with Crippen molar-refractivity contribution in [3.8, 4) is 0 Å². The highest BCUT2D eigenvalue weighted by Gasteiger charge is 2.14. The van der Waals surface area contributed by atoms with E-state index in [-0.39, 0.29) is 5.78 Å². The molecule has 0 N–H and O–H groups in total. The number of carbonyl (C=O) groups is 1. The van der Waals surface area contributed by atoms with E-state index in [0.29, 0.717) is 13.0 Å². The summed E-state index contributed by atoms with van der Waals surface area (Å²) in [4.78, 5) is 12.3. The highest BCUT2D eigenvalue weighted by Crippen LogP contribution is 2.24. The van der Waals surface area contributed by atoms with E-state index in [4.69, 9.17) is 11.6 Å². The smallest absolute Gasteiger partial charge is 0.178 e. The fourth-order valence-electron chi connectivity index (χ4n) is 2.78. The molecule has 0 unspecified atom stereocenters. The summed E-state index contributed by atoms with van der Waals surface area (Å²) in [5, 5.41) is 1.87. The summed E-state index contributed by atoms with van der Waals surface area (Å²) in [5.41, 5.74) is 4.07. The Morgan fingerprint density at radius 3 is 2.64 bits per heavy atom. The van der Waals surface area contributed by atoms with Crippen molar-refractivity contribution in [2.45, 2.75) is 26.8 Å². The largest absolute Gasteiger partial charge is 0.334 e. The van der Waals surface area contributed by atoms with Crippen LogP contribution in [0.25, 0.3) is 10.9 Å². The van der Waals surface area contributed by atoms with Crippen molar-refractivity contribution in [1.29, 1.82) is 0 Å². The van der Waals surface area contributed by atoms with E-state index in [1.807, 2.05) is 50.2 Å². The third kappa shape index (κ3) is 2.67. The number of benzene rings is 2. The second-order valence-corrected chi connectivity index (χ2v) is 5.94. The first-order valence-electron chi connectivity index (χ1n) is 7.46. The van der Waals surface area contributed by atoms with Gasteiger partial charge < -0.3 is 4.57 Å². The molecule has 0 saturated carbocycles. The van der Waals surface area contributed by atoms with E-state index < -0.39 is 0 Å². The molecule has 0 aliphatic heterocycles. The molecule has 0 fully saturated rings. The summed E-state index contributed by atoms with van der Waals surface area (Å²) in [6.45, 7) is 4.57. The van der Waals surface area contributed by atoms with E-state index in [2.05, 4.69) is 16.7 Å². The molecule has 0 atom stereocenters. The Kier molecular flexibility index (Phi) is 4.04. The lowest BCUT2D eigenvalue weighted by Gasteiger charge is -2.11. The van der Waals surface area contributed by atoms with Gasteiger partial charge in [0.05, 0.1) is 5.69 Å². The summed E-state index contributed by atoms with van der Waals surface area (Å²) in [5.74, 6) is 0.168. The van der Waals surface area contributed by atoms with E-state index >= 15 is 0 Å². The normalized spacial score (nSPS) is 11.0. The Hall–Kier alpha value is -2.06. The lowest BCUT2D eigenvalue weighted by molar-refractivity contribution is 0.0980. The fourth-order valence-corrected chi connectivity index (χ4v) is 2.90. The Morgan fingerprint density at radius 2 is 1.91 bits per heavy atom. The summed E-state index contributed by atoms with van der Waals surface area (Å²) in [6.07, 6.45) is 0.510. The predicted octanol–water partition coefficient (Wildman–Crippen LogP) is 5.24. The fraction of sp³-hybridized carbons (Fsp3) is 0.211. The zero-order valence-electron chi connectivity index (χ0n) is 12.8. The zero-order valence-corrected chi connectivity index (χ0v) is 13.5. The molecule has 0 aliphatic carbocycles. The average Bonchev–Trinajstić information content (AvgIpc) is 2.89. The Balaban J connectivity index is 2.11. The van der Waals surface area contributed by atoms with Crippen molar-refractivity contribution in [3.05, 3.63) is 70.4 Å². The summed E-state index contributed by atoms with van der Waals surface area (Å²) in [6, 6.07) is 16.1. The SMILES string of the molecule is CCC(=O)c1cc2ccccc2n1Cc1ccc(Cl)c(C)c1. The molecule has 1 aromatic heterocycles. The molecule has 0 aliphatic rings. The number of nitrogens with zero attached hydrogens (tertiary/aromatic N) is 1. The van der Waals surface area contributed by atoms with Crippen LogP contribution < -0.4 is 0 Å². The minimum absolute atomic E-state index is 0.168. The van der Waals surface area contributed by atoms with Crippen molar-refractivity contribution < 1.29 is 4.79 Å². The van der Waals surface area contributed by atoms with Crippen LogP contribution in [0, 0.1) is 6.92 Å². The minimum Gasteiger partial charge on any atom is -0.334 e.